The molecule has 7 nitrogen and oxygen atoms in total. The van der Waals surface area contributed by atoms with Gasteiger partial charge in [-0.15, -0.1) is 5.10 Å². The van der Waals surface area contributed by atoms with Crippen molar-refractivity contribution in [3.05, 3.63) is 30.5 Å². The highest BCUT2D eigenvalue weighted by atomic mass is 16.3. The first-order valence-corrected chi connectivity index (χ1v) is 6.75. The molecule has 0 bridgehead atoms. The van der Waals surface area contributed by atoms with E-state index in [9.17, 15) is 9.59 Å². The molecule has 0 radical (unpaired) electrons. The number of furan rings is 1. The summed E-state index contributed by atoms with van der Waals surface area (Å²) in [7, 11) is 0. The number of fused-ring (bicyclic) bond motifs is 1. The van der Waals surface area contributed by atoms with Gasteiger partial charge in [-0.25, -0.2) is 10.00 Å². The van der Waals surface area contributed by atoms with Gasteiger partial charge >= 0.3 is 0 Å². The maximum Gasteiger partial charge on any atom is 0.240 e. The molecule has 2 aliphatic rings. The molecule has 2 unspecified atom stereocenters. The molecule has 3 heterocycles. The van der Waals surface area contributed by atoms with Crippen molar-refractivity contribution in [1.82, 2.24) is 15.2 Å². The number of hydrogen-bond donors (Lipinski definition) is 1. The summed E-state index contributed by atoms with van der Waals surface area (Å²) in [5.74, 6) is -0.0163. The molecule has 106 valence electrons. The Bertz CT molecular complexity index is 705. The second-order valence-corrected chi connectivity index (χ2v) is 5.13. The topological polar surface area (TPSA) is 92.1 Å². The van der Waals surface area contributed by atoms with Gasteiger partial charge in [0.25, 0.3) is 0 Å². The SMILES string of the molecule is O=C1C2CC=CCC2C(=O)N1c1nc(-c2ccco2)n[nH]1. The van der Waals surface area contributed by atoms with E-state index in [0.29, 0.717) is 24.4 Å². The third kappa shape index (κ3) is 1.74. The van der Waals surface area contributed by atoms with Gasteiger partial charge < -0.3 is 4.42 Å². The largest absolute Gasteiger partial charge is 0.461 e. The predicted octanol–water partition coefficient (Wildman–Crippen LogP) is 1.52. The van der Waals surface area contributed by atoms with Gasteiger partial charge in [0, 0.05) is 0 Å². The average Bonchev–Trinajstić information content (AvgIpc) is 3.21. The monoisotopic (exact) mass is 284 g/mol. The van der Waals surface area contributed by atoms with Crippen LogP contribution in [0.25, 0.3) is 11.6 Å². The van der Waals surface area contributed by atoms with Crippen LogP contribution in [0.5, 0.6) is 0 Å². The Morgan fingerprint density at radius 1 is 1.19 bits per heavy atom. The number of anilines is 1. The minimum absolute atomic E-state index is 0.158. The molecule has 1 fully saturated rings. The number of amides is 2. The van der Waals surface area contributed by atoms with Crippen molar-refractivity contribution in [3.8, 4) is 11.6 Å². The lowest BCUT2D eigenvalue weighted by Crippen LogP contribution is -2.31. The van der Waals surface area contributed by atoms with Crippen LogP contribution in [-0.2, 0) is 9.59 Å². The van der Waals surface area contributed by atoms with Gasteiger partial charge in [0.05, 0.1) is 18.1 Å². The van der Waals surface area contributed by atoms with E-state index in [0.717, 1.165) is 4.90 Å². The summed E-state index contributed by atoms with van der Waals surface area (Å²) < 4.78 is 5.20. The molecular formula is C14H12N4O3. The second kappa shape index (κ2) is 4.41. The van der Waals surface area contributed by atoms with Crippen molar-refractivity contribution in [3.63, 3.8) is 0 Å². The first kappa shape index (κ1) is 12.1. The van der Waals surface area contributed by atoms with E-state index in [1.54, 1.807) is 12.1 Å². The maximum absolute atomic E-state index is 12.4. The van der Waals surface area contributed by atoms with Crippen LogP contribution in [0.2, 0.25) is 0 Å². The molecule has 0 saturated carbocycles. The maximum atomic E-state index is 12.4. The molecule has 1 saturated heterocycles. The highest BCUT2D eigenvalue weighted by molar-refractivity contribution is 6.21. The van der Waals surface area contributed by atoms with E-state index in [4.69, 9.17) is 4.42 Å². The molecule has 1 aliphatic carbocycles. The van der Waals surface area contributed by atoms with E-state index in [-0.39, 0.29) is 29.6 Å². The number of imide groups is 1. The van der Waals surface area contributed by atoms with Crippen LogP contribution in [0.3, 0.4) is 0 Å². The Hall–Kier alpha value is -2.70. The van der Waals surface area contributed by atoms with Gasteiger partial charge in [0.2, 0.25) is 23.6 Å². The Morgan fingerprint density at radius 2 is 1.90 bits per heavy atom. The van der Waals surface area contributed by atoms with E-state index in [1.165, 1.54) is 6.26 Å². The highest BCUT2D eigenvalue weighted by Gasteiger charge is 2.49. The summed E-state index contributed by atoms with van der Waals surface area (Å²) in [6.45, 7) is 0. The van der Waals surface area contributed by atoms with Gasteiger partial charge in [-0.05, 0) is 25.0 Å². The molecule has 1 aliphatic heterocycles. The van der Waals surface area contributed by atoms with Crippen molar-refractivity contribution in [2.24, 2.45) is 11.8 Å². The van der Waals surface area contributed by atoms with Crippen LogP contribution in [0.15, 0.2) is 35.0 Å². The minimum atomic E-state index is -0.278. The van der Waals surface area contributed by atoms with Gasteiger partial charge in [0.1, 0.15) is 0 Å². The first-order valence-electron chi connectivity index (χ1n) is 6.75. The molecular weight excluding hydrogens is 272 g/mol. The number of aromatic amines is 1. The Morgan fingerprint density at radius 3 is 2.52 bits per heavy atom. The zero-order valence-corrected chi connectivity index (χ0v) is 11.0. The van der Waals surface area contributed by atoms with Gasteiger partial charge in [-0.2, -0.15) is 4.98 Å². The van der Waals surface area contributed by atoms with Crippen LogP contribution < -0.4 is 4.90 Å². The van der Waals surface area contributed by atoms with E-state index >= 15 is 0 Å². The van der Waals surface area contributed by atoms with Crippen LogP contribution in [0.4, 0.5) is 5.95 Å². The lowest BCUT2D eigenvalue weighted by Gasteiger charge is -2.14. The van der Waals surface area contributed by atoms with Crippen molar-refractivity contribution in [2.75, 3.05) is 4.90 Å². The summed E-state index contributed by atoms with van der Waals surface area (Å²) in [5.41, 5.74) is 0. The first-order chi connectivity index (χ1) is 10.3. The molecule has 2 atom stereocenters. The Balaban J connectivity index is 1.68. The van der Waals surface area contributed by atoms with Gasteiger partial charge in [0.15, 0.2) is 5.76 Å². The van der Waals surface area contributed by atoms with Crippen LogP contribution >= 0.6 is 0 Å². The van der Waals surface area contributed by atoms with Crippen molar-refractivity contribution in [1.29, 1.82) is 0 Å². The average molecular weight is 284 g/mol. The lowest BCUT2D eigenvalue weighted by atomic mass is 9.85. The summed E-state index contributed by atoms with van der Waals surface area (Å²) in [4.78, 5) is 30.1. The number of carbonyl (C=O) groups excluding carboxylic acids is 2. The Labute approximate surface area is 119 Å². The number of nitrogens with one attached hydrogen (secondary N) is 1. The molecule has 7 heteroatoms. The molecule has 0 aromatic carbocycles. The fourth-order valence-corrected chi connectivity index (χ4v) is 2.88. The van der Waals surface area contributed by atoms with Crippen LogP contribution in [0.1, 0.15) is 12.8 Å². The van der Waals surface area contributed by atoms with Crippen molar-refractivity contribution < 1.29 is 14.0 Å². The number of nitrogens with zero attached hydrogens (tertiary/aromatic N) is 3. The van der Waals surface area contributed by atoms with Gasteiger partial charge in [-0.3, -0.25) is 9.59 Å². The normalized spacial score (nSPS) is 24.7. The lowest BCUT2D eigenvalue weighted by molar-refractivity contribution is -0.122. The zero-order chi connectivity index (χ0) is 14.4. The van der Waals surface area contributed by atoms with Crippen molar-refractivity contribution in [2.45, 2.75) is 12.8 Å². The Kier molecular flexibility index (Phi) is 2.53. The smallest absolute Gasteiger partial charge is 0.240 e. The molecule has 4 rings (SSSR count). The van der Waals surface area contributed by atoms with E-state index in [2.05, 4.69) is 15.2 Å². The third-order valence-electron chi connectivity index (χ3n) is 3.93. The number of hydrogen-bond acceptors (Lipinski definition) is 5. The number of H-pyrrole nitrogens is 1. The summed E-state index contributed by atoms with van der Waals surface area (Å²) in [6.07, 6.45) is 6.61. The molecule has 21 heavy (non-hydrogen) atoms. The van der Waals surface area contributed by atoms with Crippen molar-refractivity contribution >= 4 is 17.8 Å². The fraction of sp³-hybridized carbons (Fsp3) is 0.286. The number of carbonyl (C=O) groups is 2. The standard InChI is InChI=1S/C14H12N4O3/c19-12-8-4-1-2-5-9(8)13(20)18(12)14-15-11(16-17-14)10-6-3-7-21-10/h1-3,6-9H,4-5H2,(H,15,16,17). The molecule has 2 aromatic rings. The van der Waals surface area contributed by atoms with Crippen LogP contribution in [-0.4, -0.2) is 27.0 Å². The predicted molar refractivity (Wildman–Crippen MR) is 71.9 cm³/mol. The minimum Gasteiger partial charge on any atom is -0.461 e. The van der Waals surface area contributed by atoms with Crippen LogP contribution in [0, 0.1) is 11.8 Å². The number of rotatable bonds is 2. The molecule has 2 aromatic heterocycles. The summed E-state index contributed by atoms with van der Waals surface area (Å²) in [6, 6.07) is 3.43. The molecule has 0 spiro atoms. The fourth-order valence-electron chi connectivity index (χ4n) is 2.88. The third-order valence-corrected chi connectivity index (χ3v) is 3.93. The zero-order valence-electron chi connectivity index (χ0n) is 11.0. The quantitative estimate of drug-likeness (QED) is 0.666. The number of aromatic nitrogens is 3. The molecule has 2 amide bonds. The molecule has 1 N–H and O–H groups in total. The van der Waals surface area contributed by atoms with Gasteiger partial charge in [-0.1, -0.05) is 12.2 Å². The second-order valence-electron chi connectivity index (χ2n) is 5.13. The number of allylic oxidation sites excluding steroid dienone is 2. The van der Waals surface area contributed by atoms with E-state index < -0.39 is 0 Å². The summed E-state index contributed by atoms with van der Waals surface area (Å²) in [5, 5.41) is 6.65. The summed E-state index contributed by atoms with van der Waals surface area (Å²) >= 11 is 0. The highest BCUT2D eigenvalue weighted by Crippen LogP contribution is 2.36. The van der Waals surface area contributed by atoms with E-state index in [1.807, 2.05) is 12.2 Å².